The molecule has 0 unspecified atom stereocenters. The highest BCUT2D eigenvalue weighted by atomic mass is 16.6. The Morgan fingerprint density at radius 1 is 0.951 bits per heavy atom. The van der Waals surface area contributed by atoms with Gasteiger partial charge in [0.1, 0.15) is 5.60 Å². The Balaban J connectivity index is 1.27. The van der Waals surface area contributed by atoms with E-state index < -0.39 is 11.7 Å². The normalized spacial score (nSPS) is 11.4. The van der Waals surface area contributed by atoms with E-state index in [0.29, 0.717) is 28.1 Å². The van der Waals surface area contributed by atoms with E-state index in [4.69, 9.17) is 4.74 Å². The second-order valence-electron chi connectivity index (χ2n) is 10.7. The summed E-state index contributed by atoms with van der Waals surface area (Å²) in [6, 6.07) is 16.4. The summed E-state index contributed by atoms with van der Waals surface area (Å²) in [5, 5.41) is 18.0. The van der Waals surface area contributed by atoms with Crippen molar-refractivity contribution in [2.24, 2.45) is 7.05 Å². The minimum atomic E-state index is -0.597. The van der Waals surface area contributed by atoms with Crippen molar-refractivity contribution in [2.45, 2.75) is 39.8 Å². The maximum Gasteiger partial charge on any atom is 0.407 e. The van der Waals surface area contributed by atoms with Gasteiger partial charge in [-0.1, -0.05) is 18.2 Å². The van der Waals surface area contributed by atoms with Crippen LogP contribution < -0.4 is 16.0 Å². The lowest BCUT2D eigenvalue weighted by atomic mass is 10.1. The summed E-state index contributed by atoms with van der Waals surface area (Å²) in [5.74, 6) is -0.654. The SMILES string of the molecule is Cc1cc(NC(=O)c2nn(C)c3ccccc23)ccc1NC(=O)c1cnn2ccc(CNC(=O)OC(C)(C)C)cc12. The van der Waals surface area contributed by atoms with Gasteiger partial charge in [0.15, 0.2) is 5.69 Å². The first-order valence-corrected chi connectivity index (χ1v) is 13.1. The molecule has 3 heterocycles. The summed E-state index contributed by atoms with van der Waals surface area (Å²) in [7, 11) is 1.80. The van der Waals surface area contributed by atoms with Crippen molar-refractivity contribution in [3.05, 3.63) is 89.4 Å². The van der Waals surface area contributed by atoms with E-state index in [0.717, 1.165) is 22.0 Å². The van der Waals surface area contributed by atoms with Crippen molar-refractivity contribution >= 4 is 45.7 Å². The van der Waals surface area contributed by atoms with Crippen LogP contribution in [0.4, 0.5) is 16.2 Å². The van der Waals surface area contributed by atoms with Crippen molar-refractivity contribution in [3.8, 4) is 0 Å². The number of carbonyl (C=O) groups is 3. The number of aryl methyl sites for hydroxylation is 2. The van der Waals surface area contributed by atoms with Gasteiger partial charge in [0, 0.05) is 36.6 Å². The molecular weight excluding hydrogens is 522 g/mol. The summed E-state index contributed by atoms with van der Waals surface area (Å²) in [4.78, 5) is 38.2. The molecule has 41 heavy (non-hydrogen) atoms. The van der Waals surface area contributed by atoms with Crippen LogP contribution >= 0.6 is 0 Å². The number of ether oxygens (including phenoxy) is 1. The van der Waals surface area contributed by atoms with Crippen LogP contribution in [0, 0.1) is 6.92 Å². The quantitative estimate of drug-likeness (QED) is 0.269. The Bertz CT molecular complexity index is 1800. The van der Waals surface area contributed by atoms with Crippen molar-refractivity contribution in [3.63, 3.8) is 0 Å². The second kappa shape index (κ2) is 10.8. The lowest BCUT2D eigenvalue weighted by molar-refractivity contribution is 0.0523. The molecule has 0 aliphatic carbocycles. The molecule has 0 bridgehead atoms. The summed E-state index contributed by atoms with van der Waals surface area (Å²) in [5.41, 5.74) is 4.31. The van der Waals surface area contributed by atoms with Gasteiger partial charge in [0.25, 0.3) is 11.8 Å². The monoisotopic (exact) mass is 553 g/mol. The Morgan fingerprint density at radius 3 is 2.49 bits per heavy atom. The first-order chi connectivity index (χ1) is 19.5. The number of nitrogens with one attached hydrogen (secondary N) is 3. The van der Waals surface area contributed by atoms with Crippen LogP contribution in [-0.2, 0) is 18.3 Å². The standard InChI is InChI=1S/C30H31N7O4/c1-18-14-20(33-28(39)26-21-8-6-7-9-24(21)36(5)35-26)10-11-23(18)34-27(38)22-17-32-37-13-12-19(15-25(22)37)16-31-29(40)41-30(2,3)4/h6-15,17H,16H2,1-5H3,(H,31,40)(H,33,39)(H,34,38). The van der Waals surface area contributed by atoms with Crippen LogP contribution in [0.25, 0.3) is 16.4 Å². The molecule has 0 aliphatic rings. The number of carbonyl (C=O) groups excluding carboxylic acids is 3. The fraction of sp³-hybridized carbons (Fsp3) is 0.233. The van der Waals surface area contributed by atoms with Crippen LogP contribution in [0.3, 0.4) is 0 Å². The largest absolute Gasteiger partial charge is 0.444 e. The highest BCUT2D eigenvalue weighted by Gasteiger charge is 2.19. The fourth-order valence-corrected chi connectivity index (χ4v) is 4.44. The van der Waals surface area contributed by atoms with Gasteiger partial charge in [-0.2, -0.15) is 10.2 Å². The number of hydrogen-bond donors (Lipinski definition) is 3. The van der Waals surface area contributed by atoms with Crippen LogP contribution in [0.1, 0.15) is 52.7 Å². The third-order valence-electron chi connectivity index (χ3n) is 6.37. The van der Waals surface area contributed by atoms with E-state index in [1.807, 2.05) is 37.3 Å². The average molecular weight is 554 g/mol. The fourth-order valence-electron chi connectivity index (χ4n) is 4.44. The van der Waals surface area contributed by atoms with E-state index in [9.17, 15) is 14.4 Å². The zero-order valence-corrected chi connectivity index (χ0v) is 23.5. The van der Waals surface area contributed by atoms with Gasteiger partial charge in [-0.05, 0) is 75.2 Å². The number of aromatic nitrogens is 4. The number of nitrogens with zero attached hydrogens (tertiary/aromatic N) is 4. The molecule has 0 fully saturated rings. The lowest BCUT2D eigenvalue weighted by Gasteiger charge is -2.19. The number of hydrogen-bond acceptors (Lipinski definition) is 6. The van der Waals surface area contributed by atoms with Crippen molar-refractivity contribution in [2.75, 3.05) is 10.6 Å². The molecule has 0 radical (unpaired) electrons. The Morgan fingerprint density at radius 2 is 1.73 bits per heavy atom. The predicted molar refractivity (Wildman–Crippen MR) is 156 cm³/mol. The first kappa shape index (κ1) is 27.4. The zero-order chi connectivity index (χ0) is 29.3. The van der Waals surface area contributed by atoms with E-state index in [-0.39, 0.29) is 18.4 Å². The molecule has 210 valence electrons. The highest BCUT2D eigenvalue weighted by Crippen LogP contribution is 2.24. The number of benzene rings is 2. The topological polar surface area (TPSA) is 132 Å². The minimum absolute atomic E-state index is 0.234. The van der Waals surface area contributed by atoms with E-state index >= 15 is 0 Å². The van der Waals surface area contributed by atoms with Crippen molar-refractivity contribution in [1.82, 2.24) is 24.7 Å². The number of amides is 3. The van der Waals surface area contributed by atoms with Gasteiger partial charge in [-0.3, -0.25) is 14.3 Å². The third kappa shape index (κ3) is 6.03. The van der Waals surface area contributed by atoms with E-state index in [1.54, 1.807) is 67.5 Å². The lowest BCUT2D eigenvalue weighted by Crippen LogP contribution is -2.32. The molecule has 0 spiro atoms. The summed E-state index contributed by atoms with van der Waals surface area (Å²) in [6.45, 7) is 7.47. The summed E-state index contributed by atoms with van der Waals surface area (Å²) >= 11 is 0. The molecule has 11 nitrogen and oxygen atoms in total. The maximum atomic E-state index is 13.2. The van der Waals surface area contributed by atoms with Gasteiger partial charge >= 0.3 is 6.09 Å². The molecule has 0 aliphatic heterocycles. The number of anilines is 2. The molecular formula is C30H31N7O4. The highest BCUT2D eigenvalue weighted by molar-refractivity contribution is 6.12. The smallest absolute Gasteiger partial charge is 0.407 e. The van der Waals surface area contributed by atoms with Crippen LogP contribution in [0.2, 0.25) is 0 Å². The predicted octanol–water partition coefficient (Wildman–Crippen LogP) is 5.06. The third-order valence-corrected chi connectivity index (χ3v) is 6.37. The molecule has 3 N–H and O–H groups in total. The van der Waals surface area contributed by atoms with Gasteiger partial charge in [-0.25, -0.2) is 9.31 Å². The number of alkyl carbamates (subject to hydrolysis) is 1. The van der Waals surface area contributed by atoms with E-state index in [1.165, 1.54) is 6.20 Å². The number of pyridine rings is 1. The number of fused-ring (bicyclic) bond motifs is 2. The Kier molecular flexibility index (Phi) is 7.19. The van der Waals surface area contributed by atoms with Crippen LogP contribution in [0.5, 0.6) is 0 Å². The zero-order valence-electron chi connectivity index (χ0n) is 23.5. The minimum Gasteiger partial charge on any atom is -0.444 e. The average Bonchev–Trinajstić information content (AvgIpc) is 3.49. The number of rotatable bonds is 6. The number of para-hydroxylation sites is 1. The van der Waals surface area contributed by atoms with Crippen LogP contribution in [-0.4, -0.2) is 42.9 Å². The van der Waals surface area contributed by atoms with Crippen molar-refractivity contribution < 1.29 is 19.1 Å². The maximum absolute atomic E-state index is 13.2. The summed E-state index contributed by atoms with van der Waals surface area (Å²) in [6.07, 6.45) is 2.70. The van der Waals surface area contributed by atoms with Gasteiger partial charge in [-0.15, -0.1) is 0 Å². The molecule has 5 rings (SSSR count). The van der Waals surface area contributed by atoms with E-state index in [2.05, 4.69) is 26.1 Å². The molecule has 0 saturated heterocycles. The van der Waals surface area contributed by atoms with Crippen molar-refractivity contribution in [1.29, 1.82) is 0 Å². The molecule has 2 aromatic carbocycles. The van der Waals surface area contributed by atoms with Crippen LogP contribution in [0.15, 0.2) is 67.0 Å². The molecule has 11 heteroatoms. The Hall–Kier alpha value is -5.19. The second-order valence-corrected chi connectivity index (χ2v) is 10.7. The molecule has 0 atom stereocenters. The van der Waals surface area contributed by atoms with Gasteiger partial charge < -0.3 is 20.7 Å². The molecule has 0 saturated carbocycles. The van der Waals surface area contributed by atoms with Gasteiger partial charge in [0.05, 0.1) is 22.8 Å². The summed E-state index contributed by atoms with van der Waals surface area (Å²) < 4.78 is 8.55. The molecule has 5 aromatic rings. The first-order valence-electron chi connectivity index (χ1n) is 13.1. The Labute approximate surface area is 236 Å². The van der Waals surface area contributed by atoms with Gasteiger partial charge in [0.2, 0.25) is 0 Å². The molecule has 3 amide bonds. The molecule has 3 aromatic heterocycles.